The molecule has 0 N–H and O–H groups in total. The summed E-state index contributed by atoms with van der Waals surface area (Å²) in [5.74, 6) is -0.944. The third-order valence-corrected chi connectivity index (χ3v) is 4.88. The highest BCUT2D eigenvalue weighted by Crippen LogP contribution is 2.28. The highest BCUT2D eigenvalue weighted by Gasteiger charge is 2.15. The number of esters is 1. The van der Waals surface area contributed by atoms with E-state index < -0.39 is 5.97 Å². The number of Topliss-reactive ketones (excluding diaryl/α,β-unsaturated/α-hetero) is 1. The molecule has 0 aliphatic heterocycles. The van der Waals surface area contributed by atoms with E-state index in [2.05, 4.69) is 26.2 Å². The fraction of sp³-hybridized carbons (Fsp3) is 0.0476. The zero-order valence-electron chi connectivity index (χ0n) is 15.0. The molecular formula is C21H14BrN3O4. The van der Waals surface area contributed by atoms with E-state index in [1.165, 1.54) is 12.3 Å². The molecule has 0 unspecified atom stereocenters. The molecular weight excluding hydrogens is 438 g/mol. The smallest absolute Gasteiger partial charge is 0.374 e. The van der Waals surface area contributed by atoms with Gasteiger partial charge in [0, 0.05) is 15.6 Å². The maximum Gasteiger partial charge on any atom is 0.374 e. The largest absolute Gasteiger partial charge is 0.457 e. The average Bonchev–Trinajstić information content (AvgIpc) is 3.44. The van der Waals surface area contributed by atoms with Crippen LogP contribution in [-0.2, 0) is 4.74 Å². The summed E-state index contributed by atoms with van der Waals surface area (Å²) in [6, 6.07) is 17.7. The molecule has 0 bridgehead atoms. The lowest BCUT2D eigenvalue weighted by molar-refractivity contribution is 0.0444. The molecule has 2 heterocycles. The zero-order chi connectivity index (χ0) is 20.2. The summed E-state index contributed by atoms with van der Waals surface area (Å²) in [4.78, 5) is 24.1. The Morgan fingerprint density at radius 3 is 2.55 bits per heavy atom. The van der Waals surface area contributed by atoms with Crippen LogP contribution in [0.5, 0.6) is 0 Å². The number of ketones is 1. The molecule has 0 spiro atoms. The van der Waals surface area contributed by atoms with E-state index in [4.69, 9.17) is 9.15 Å². The monoisotopic (exact) mass is 451 g/mol. The molecule has 0 aliphatic carbocycles. The average molecular weight is 452 g/mol. The molecule has 0 radical (unpaired) electrons. The topological polar surface area (TPSA) is 87.2 Å². The van der Waals surface area contributed by atoms with Crippen molar-refractivity contribution in [2.24, 2.45) is 0 Å². The molecule has 8 heteroatoms. The van der Waals surface area contributed by atoms with Gasteiger partial charge in [-0.05, 0) is 42.5 Å². The van der Waals surface area contributed by atoms with Gasteiger partial charge in [-0.2, -0.15) is 0 Å². The van der Waals surface area contributed by atoms with Crippen LogP contribution in [0.15, 0.2) is 82.0 Å². The molecule has 0 aliphatic rings. The van der Waals surface area contributed by atoms with Crippen molar-refractivity contribution in [1.29, 1.82) is 0 Å². The molecule has 4 rings (SSSR count). The summed E-state index contributed by atoms with van der Waals surface area (Å²) in [6.07, 6.45) is 3.04. The highest BCUT2D eigenvalue weighted by molar-refractivity contribution is 9.10. The first kappa shape index (κ1) is 18.8. The highest BCUT2D eigenvalue weighted by atomic mass is 79.9. The first-order valence-corrected chi connectivity index (χ1v) is 9.42. The molecule has 29 heavy (non-hydrogen) atoms. The lowest BCUT2D eigenvalue weighted by atomic mass is 10.1. The Morgan fingerprint density at radius 1 is 1.03 bits per heavy atom. The fourth-order valence-corrected chi connectivity index (χ4v) is 3.23. The molecule has 4 aromatic rings. The third kappa shape index (κ3) is 4.02. The van der Waals surface area contributed by atoms with Crippen molar-refractivity contribution >= 4 is 27.7 Å². The van der Waals surface area contributed by atoms with Gasteiger partial charge >= 0.3 is 5.97 Å². The first-order chi connectivity index (χ1) is 14.1. The predicted molar refractivity (Wildman–Crippen MR) is 108 cm³/mol. The van der Waals surface area contributed by atoms with Crippen molar-refractivity contribution < 1.29 is 18.7 Å². The maximum absolute atomic E-state index is 12.3. The summed E-state index contributed by atoms with van der Waals surface area (Å²) in [5.41, 5.74) is 2.92. The van der Waals surface area contributed by atoms with E-state index in [-0.39, 0.29) is 18.2 Å². The van der Waals surface area contributed by atoms with E-state index in [0.29, 0.717) is 5.56 Å². The van der Waals surface area contributed by atoms with Crippen LogP contribution in [0.3, 0.4) is 0 Å². The fourth-order valence-electron chi connectivity index (χ4n) is 2.75. The molecule has 0 saturated heterocycles. The number of nitrogens with zero attached hydrogens (tertiary/aromatic N) is 3. The predicted octanol–water partition coefficient (Wildman–Crippen LogP) is 4.33. The van der Waals surface area contributed by atoms with Crippen LogP contribution in [0.1, 0.15) is 20.9 Å². The molecule has 0 amide bonds. The summed E-state index contributed by atoms with van der Waals surface area (Å²) < 4.78 is 12.5. The molecule has 2 aromatic carbocycles. The van der Waals surface area contributed by atoms with E-state index in [9.17, 15) is 9.59 Å². The van der Waals surface area contributed by atoms with Crippen LogP contribution in [0.2, 0.25) is 0 Å². The molecule has 7 nitrogen and oxygen atoms in total. The number of ether oxygens (including phenoxy) is 1. The molecule has 0 atom stereocenters. The number of benzene rings is 2. The van der Waals surface area contributed by atoms with Crippen molar-refractivity contribution in [3.8, 4) is 16.9 Å². The SMILES string of the molecule is O=C(COC(=O)c1ccco1)c1ccc(-n2nncc2-c2ccccc2Br)cc1. The second-order valence-corrected chi connectivity index (χ2v) is 6.89. The van der Waals surface area contributed by atoms with Crippen molar-refractivity contribution in [3.05, 3.63) is 88.9 Å². The molecule has 2 aromatic heterocycles. The van der Waals surface area contributed by atoms with Gasteiger partial charge in [-0.3, -0.25) is 4.79 Å². The van der Waals surface area contributed by atoms with E-state index in [1.807, 2.05) is 24.3 Å². The van der Waals surface area contributed by atoms with Crippen LogP contribution in [0.4, 0.5) is 0 Å². The van der Waals surface area contributed by atoms with Crippen molar-refractivity contribution in [2.75, 3.05) is 6.61 Å². The van der Waals surface area contributed by atoms with Crippen LogP contribution < -0.4 is 0 Å². The molecule has 0 fully saturated rings. The Hall–Kier alpha value is -3.52. The van der Waals surface area contributed by atoms with Crippen molar-refractivity contribution in [1.82, 2.24) is 15.0 Å². The Labute approximate surface area is 174 Å². The standard InChI is InChI=1S/C21H14BrN3O4/c22-17-5-2-1-4-16(17)18-12-23-24-25(18)15-9-7-14(8-10-15)19(26)13-29-21(27)20-6-3-11-28-20/h1-12H,13H2. The van der Waals surface area contributed by atoms with Gasteiger partial charge in [0.2, 0.25) is 5.76 Å². The third-order valence-electron chi connectivity index (χ3n) is 4.19. The number of aromatic nitrogens is 3. The Morgan fingerprint density at radius 2 is 1.83 bits per heavy atom. The molecule has 144 valence electrons. The van der Waals surface area contributed by atoms with Gasteiger partial charge < -0.3 is 9.15 Å². The lowest BCUT2D eigenvalue weighted by Crippen LogP contribution is -2.14. The van der Waals surface area contributed by atoms with Gasteiger partial charge in [0.05, 0.1) is 23.8 Å². The number of hydrogen-bond acceptors (Lipinski definition) is 6. The van der Waals surface area contributed by atoms with Crippen molar-refractivity contribution in [2.45, 2.75) is 0 Å². The number of hydrogen-bond donors (Lipinski definition) is 0. The Balaban J connectivity index is 1.49. The van der Waals surface area contributed by atoms with Crippen LogP contribution in [0, 0.1) is 0 Å². The summed E-state index contributed by atoms with van der Waals surface area (Å²) in [5, 5.41) is 8.15. The number of rotatable bonds is 6. The van der Waals surface area contributed by atoms with Crippen molar-refractivity contribution in [3.63, 3.8) is 0 Å². The number of halogens is 1. The first-order valence-electron chi connectivity index (χ1n) is 8.63. The van der Waals surface area contributed by atoms with Crippen LogP contribution >= 0.6 is 15.9 Å². The van der Waals surface area contributed by atoms with Gasteiger partial charge in [0.25, 0.3) is 0 Å². The second kappa shape index (κ2) is 8.24. The van der Waals surface area contributed by atoms with Gasteiger partial charge in [-0.25, -0.2) is 9.48 Å². The van der Waals surface area contributed by atoms with Crippen LogP contribution in [0.25, 0.3) is 16.9 Å². The van der Waals surface area contributed by atoms with Crippen LogP contribution in [-0.4, -0.2) is 33.4 Å². The summed E-state index contributed by atoms with van der Waals surface area (Å²) >= 11 is 3.54. The second-order valence-electron chi connectivity index (χ2n) is 6.03. The summed E-state index contributed by atoms with van der Waals surface area (Å²) in [7, 11) is 0. The minimum absolute atomic E-state index is 0.0546. The normalized spacial score (nSPS) is 10.7. The van der Waals surface area contributed by atoms with Gasteiger partial charge in [-0.1, -0.05) is 39.3 Å². The van der Waals surface area contributed by atoms with Gasteiger partial charge in [-0.15, -0.1) is 5.10 Å². The van der Waals surface area contributed by atoms with Gasteiger partial charge in [0.15, 0.2) is 12.4 Å². The van der Waals surface area contributed by atoms with Gasteiger partial charge in [0.1, 0.15) is 0 Å². The summed E-state index contributed by atoms with van der Waals surface area (Å²) in [6.45, 7) is -0.371. The van der Waals surface area contributed by atoms with E-state index in [0.717, 1.165) is 21.4 Å². The quantitative estimate of drug-likeness (QED) is 0.320. The number of carbonyl (C=O) groups is 2. The minimum atomic E-state index is -0.680. The van der Waals surface area contributed by atoms with E-state index >= 15 is 0 Å². The molecule has 0 saturated carbocycles. The Bertz CT molecular complexity index is 1150. The zero-order valence-corrected chi connectivity index (χ0v) is 16.6. The lowest BCUT2D eigenvalue weighted by Gasteiger charge is -2.09. The maximum atomic E-state index is 12.3. The van der Waals surface area contributed by atoms with E-state index in [1.54, 1.807) is 41.2 Å². The minimum Gasteiger partial charge on any atom is -0.457 e. The number of furan rings is 1. The Kier molecular flexibility index (Phi) is 5.35. The number of carbonyl (C=O) groups excluding carboxylic acids is 2.